The lowest BCUT2D eigenvalue weighted by atomic mass is 9.74. The largest absolute Gasteiger partial charge is 0.309 e. The van der Waals surface area contributed by atoms with Crippen molar-refractivity contribution < 1.29 is 0 Å². The van der Waals surface area contributed by atoms with E-state index in [0.717, 1.165) is 6.42 Å². The Bertz CT molecular complexity index is 3260. The summed E-state index contributed by atoms with van der Waals surface area (Å²) in [5.41, 5.74) is 16.9. The van der Waals surface area contributed by atoms with E-state index in [0.29, 0.717) is 11.8 Å². The van der Waals surface area contributed by atoms with Crippen LogP contribution in [0.5, 0.6) is 0 Å². The number of rotatable bonds is 7. The lowest BCUT2D eigenvalue weighted by molar-refractivity contribution is 0.445. The summed E-state index contributed by atoms with van der Waals surface area (Å²) >= 11 is 1.91. The fourth-order valence-corrected chi connectivity index (χ4v) is 12.8. The van der Waals surface area contributed by atoms with E-state index in [1.807, 2.05) is 11.3 Å². The molecule has 0 bridgehead atoms. The first-order valence-electron chi connectivity index (χ1n) is 23.1. The number of allylic oxidation sites excluding steroid dienone is 3. The topological polar surface area (TPSA) is 3.24 Å². The average molecular weight is 830 g/mol. The smallest absolute Gasteiger partial charge is 0.0640 e. The predicted octanol–water partition coefficient (Wildman–Crippen LogP) is 17.4. The normalized spacial score (nSPS) is 18.6. The van der Waals surface area contributed by atoms with Crippen LogP contribution in [0.3, 0.4) is 0 Å². The van der Waals surface area contributed by atoms with Crippen molar-refractivity contribution in [1.82, 2.24) is 0 Å². The molecule has 12 rings (SSSR count). The third-order valence-corrected chi connectivity index (χ3v) is 15.9. The Kier molecular flexibility index (Phi) is 9.34. The first-order chi connectivity index (χ1) is 31.1. The molecule has 63 heavy (non-hydrogen) atoms. The van der Waals surface area contributed by atoms with Crippen molar-refractivity contribution in [3.8, 4) is 22.3 Å². The van der Waals surface area contributed by atoms with E-state index in [4.69, 9.17) is 0 Å². The minimum Gasteiger partial charge on any atom is -0.309 e. The predicted molar refractivity (Wildman–Crippen MR) is 270 cm³/mol. The van der Waals surface area contributed by atoms with Gasteiger partial charge in [-0.15, -0.1) is 11.3 Å². The second-order valence-electron chi connectivity index (χ2n) is 18.4. The Morgan fingerprint density at radius 3 is 2.13 bits per heavy atom. The zero-order chi connectivity index (χ0) is 42.1. The van der Waals surface area contributed by atoms with Crippen LogP contribution >= 0.6 is 11.3 Å². The number of nitrogens with zero attached hydrogens (tertiary/aromatic N) is 1. The lowest BCUT2D eigenvalue weighted by Gasteiger charge is -2.34. The average Bonchev–Trinajstić information content (AvgIpc) is 3.86. The Balaban J connectivity index is 1.04. The molecule has 0 radical (unpaired) electrons. The Morgan fingerprint density at radius 1 is 0.587 bits per heavy atom. The summed E-state index contributed by atoms with van der Waals surface area (Å²) in [6.07, 6.45) is 12.7. The molecule has 1 saturated carbocycles. The molecule has 306 valence electrons. The molecule has 3 aliphatic carbocycles. The van der Waals surface area contributed by atoms with Gasteiger partial charge in [0.05, 0.1) is 16.1 Å². The Labute approximate surface area is 375 Å². The SMILES string of the molecule is CC1C=C(N(c2ccc(-c3cccc4c3-c3ccccc3C4(C)c3ccccc3)cc2)c2cccc3c2sc2ccccc23)C(c2cccc3cccc(C4CCCCC4)c23)=CC1. The van der Waals surface area contributed by atoms with Crippen LogP contribution < -0.4 is 4.90 Å². The van der Waals surface area contributed by atoms with E-state index < -0.39 is 0 Å². The van der Waals surface area contributed by atoms with Crippen LogP contribution in [-0.4, -0.2) is 0 Å². The van der Waals surface area contributed by atoms with Gasteiger partial charge in [0, 0.05) is 32.1 Å². The molecule has 0 spiro atoms. The molecular formula is C61H51NS. The monoisotopic (exact) mass is 829 g/mol. The van der Waals surface area contributed by atoms with Gasteiger partial charge in [0.25, 0.3) is 0 Å². The van der Waals surface area contributed by atoms with Gasteiger partial charge in [-0.1, -0.05) is 190 Å². The summed E-state index contributed by atoms with van der Waals surface area (Å²) in [7, 11) is 0. The summed E-state index contributed by atoms with van der Waals surface area (Å²) in [6.45, 7) is 4.78. The number of thiophene rings is 1. The van der Waals surface area contributed by atoms with Gasteiger partial charge in [-0.3, -0.25) is 0 Å². The fraction of sp³-hybridized carbons (Fsp3) is 0.180. The molecular weight excluding hydrogens is 779 g/mol. The van der Waals surface area contributed by atoms with E-state index in [9.17, 15) is 0 Å². The molecule has 0 saturated heterocycles. The number of fused-ring (bicyclic) bond motifs is 7. The minimum atomic E-state index is -0.242. The molecule has 1 heterocycles. The van der Waals surface area contributed by atoms with Gasteiger partial charge in [-0.25, -0.2) is 0 Å². The summed E-state index contributed by atoms with van der Waals surface area (Å²) in [4.78, 5) is 2.60. The second kappa shape index (κ2) is 15.4. The highest BCUT2D eigenvalue weighted by molar-refractivity contribution is 7.26. The van der Waals surface area contributed by atoms with Crippen LogP contribution in [0.15, 0.2) is 194 Å². The van der Waals surface area contributed by atoms with E-state index >= 15 is 0 Å². The van der Waals surface area contributed by atoms with Crippen molar-refractivity contribution in [3.05, 3.63) is 222 Å². The first kappa shape index (κ1) is 38.2. The van der Waals surface area contributed by atoms with E-state index in [-0.39, 0.29) is 5.41 Å². The molecule has 2 unspecified atom stereocenters. The highest BCUT2D eigenvalue weighted by Gasteiger charge is 2.41. The summed E-state index contributed by atoms with van der Waals surface area (Å²) < 4.78 is 2.64. The standard InChI is InChI=1S/C61H51NS/c1-40-33-38-48(50-27-14-20-43-19-13-25-46(58(43)50)41-17-5-3-6-18-41)56(39-40)62(55-31-16-28-51-49-23-10-12-32-57(49)63-60(51)55)45-36-34-42(35-37-45)47-26-15-30-54-59(47)52-24-9-11-29-53(52)61(54,2)44-21-7-4-8-22-44/h4,7-16,19-32,34-41H,3,5-6,17-18,33H2,1-2H3. The van der Waals surface area contributed by atoms with Gasteiger partial charge in [-0.2, -0.15) is 0 Å². The molecule has 0 N–H and O–H groups in total. The zero-order valence-electron chi connectivity index (χ0n) is 36.2. The molecule has 1 fully saturated rings. The molecule has 0 aliphatic heterocycles. The van der Waals surface area contributed by atoms with Crippen molar-refractivity contribution in [1.29, 1.82) is 0 Å². The van der Waals surface area contributed by atoms with E-state index in [1.165, 1.54) is 136 Å². The molecule has 2 atom stereocenters. The van der Waals surface area contributed by atoms with Crippen LogP contribution in [-0.2, 0) is 5.41 Å². The van der Waals surface area contributed by atoms with Gasteiger partial charge in [0.1, 0.15) is 0 Å². The summed E-state index contributed by atoms with van der Waals surface area (Å²) in [5, 5.41) is 5.42. The number of benzene rings is 8. The zero-order valence-corrected chi connectivity index (χ0v) is 37.0. The van der Waals surface area contributed by atoms with Gasteiger partial charge >= 0.3 is 0 Å². The Hall–Kier alpha value is -6.48. The van der Waals surface area contributed by atoms with Crippen LogP contribution in [0.25, 0.3) is 58.8 Å². The Morgan fingerprint density at radius 2 is 1.27 bits per heavy atom. The van der Waals surface area contributed by atoms with Gasteiger partial charge in [0.2, 0.25) is 0 Å². The van der Waals surface area contributed by atoms with Crippen molar-refractivity contribution in [2.75, 3.05) is 4.90 Å². The molecule has 0 amide bonds. The third kappa shape index (κ3) is 6.17. The third-order valence-electron chi connectivity index (χ3n) is 14.7. The molecule has 2 heteroatoms. The van der Waals surface area contributed by atoms with Crippen LogP contribution in [0.1, 0.15) is 86.1 Å². The van der Waals surface area contributed by atoms with Crippen LogP contribution in [0, 0.1) is 5.92 Å². The van der Waals surface area contributed by atoms with Gasteiger partial charge < -0.3 is 4.90 Å². The molecule has 1 nitrogen and oxygen atoms in total. The highest BCUT2D eigenvalue weighted by Crippen LogP contribution is 2.55. The van der Waals surface area contributed by atoms with Crippen molar-refractivity contribution in [2.24, 2.45) is 5.92 Å². The maximum atomic E-state index is 2.60. The number of hydrogen-bond donors (Lipinski definition) is 0. The highest BCUT2D eigenvalue weighted by atomic mass is 32.1. The molecule has 1 aromatic heterocycles. The maximum Gasteiger partial charge on any atom is 0.0640 e. The second-order valence-corrected chi connectivity index (χ2v) is 19.4. The van der Waals surface area contributed by atoms with E-state index in [1.54, 1.807) is 0 Å². The number of hydrogen-bond acceptors (Lipinski definition) is 2. The molecule has 9 aromatic rings. The maximum absolute atomic E-state index is 2.60. The van der Waals surface area contributed by atoms with Crippen molar-refractivity contribution in [3.63, 3.8) is 0 Å². The molecule has 3 aliphatic rings. The van der Waals surface area contributed by atoms with Gasteiger partial charge in [-0.05, 0) is 123 Å². The summed E-state index contributed by atoms with van der Waals surface area (Å²) in [6, 6.07) is 66.5. The van der Waals surface area contributed by atoms with Crippen LogP contribution in [0.4, 0.5) is 11.4 Å². The van der Waals surface area contributed by atoms with Gasteiger partial charge in [0.15, 0.2) is 0 Å². The quantitative estimate of drug-likeness (QED) is 0.155. The van der Waals surface area contributed by atoms with Crippen molar-refractivity contribution >= 4 is 59.2 Å². The fourth-order valence-electron chi connectivity index (χ4n) is 11.6. The summed E-state index contributed by atoms with van der Waals surface area (Å²) in [5.74, 6) is 0.998. The van der Waals surface area contributed by atoms with E-state index in [2.05, 4.69) is 207 Å². The minimum absolute atomic E-state index is 0.242. The number of anilines is 2. The van der Waals surface area contributed by atoms with Crippen LogP contribution in [0.2, 0.25) is 0 Å². The van der Waals surface area contributed by atoms with Crippen molar-refractivity contribution in [2.45, 2.75) is 63.7 Å². The first-order valence-corrected chi connectivity index (χ1v) is 23.9. The molecule has 8 aromatic carbocycles. The lowest BCUT2D eigenvalue weighted by Crippen LogP contribution is -2.22.